The van der Waals surface area contributed by atoms with E-state index in [4.69, 9.17) is 4.74 Å². The summed E-state index contributed by atoms with van der Waals surface area (Å²) >= 11 is 0. The minimum atomic E-state index is -0.427. The highest BCUT2D eigenvalue weighted by Gasteiger charge is 2.28. The van der Waals surface area contributed by atoms with E-state index < -0.39 is 5.75 Å². The molecule has 0 aliphatic heterocycles. The van der Waals surface area contributed by atoms with Gasteiger partial charge in [-0.05, 0) is 38.3 Å². The number of carbonyl (C=O) groups excluding carboxylic acids is 2. The fraction of sp³-hybridized carbons (Fsp3) is 0.440. The van der Waals surface area contributed by atoms with Crippen molar-refractivity contribution in [3.8, 4) is 28.7 Å². The molecule has 0 amide bonds. The molecular weight excluding hydrogens is 412 g/mol. The highest BCUT2D eigenvalue weighted by molar-refractivity contribution is 6.03. The van der Waals surface area contributed by atoms with Crippen molar-refractivity contribution in [2.45, 2.75) is 60.3 Å². The predicted molar refractivity (Wildman–Crippen MR) is 121 cm³/mol. The molecule has 2 aromatic rings. The van der Waals surface area contributed by atoms with E-state index in [0.717, 1.165) is 0 Å². The predicted octanol–water partition coefficient (Wildman–Crippen LogP) is 4.94. The topological polar surface area (TPSA) is 124 Å². The first-order chi connectivity index (χ1) is 15.0. The molecule has 7 nitrogen and oxygen atoms in total. The normalized spacial score (nSPS) is 11.9. The minimum absolute atomic E-state index is 0.0226. The third-order valence-electron chi connectivity index (χ3n) is 5.97. The average Bonchev–Trinajstić information content (AvgIpc) is 2.77. The lowest BCUT2D eigenvalue weighted by molar-refractivity contribution is 0.0923. The van der Waals surface area contributed by atoms with Gasteiger partial charge in [-0.1, -0.05) is 20.8 Å². The quantitative estimate of drug-likeness (QED) is 0.404. The number of phenolic OH excluding ortho intramolecular Hbond substituents is 4. The van der Waals surface area contributed by atoms with Gasteiger partial charge in [-0.2, -0.15) is 0 Å². The fourth-order valence-corrected chi connectivity index (χ4v) is 3.76. The summed E-state index contributed by atoms with van der Waals surface area (Å²) in [5, 5.41) is 42.8. The Morgan fingerprint density at radius 2 is 1.59 bits per heavy atom. The number of ketones is 2. The Bertz CT molecular complexity index is 1050. The third kappa shape index (κ3) is 4.38. The lowest BCUT2D eigenvalue weighted by atomic mass is 9.89. The summed E-state index contributed by atoms with van der Waals surface area (Å²) in [7, 11) is 1.35. The lowest BCUT2D eigenvalue weighted by Gasteiger charge is -2.20. The Morgan fingerprint density at radius 3 is 2.12 bits per heavy atom. The Labute approximate surface area is 188 Å². The first kappa shape index (κ1) is 25.0. The monoisotopic (exact) mass is 444 g/mol. The maximum absolute atomic E-state index is 12.7. The summed E-state index contributed by atoms with van der Waals surface area (Å²) in [5.74, 6) is -2.08. The van der Waals surface area contributed by atoms with Crippen LogP contribution >= 0.6 is 0 Å². The highest BCUT2D eigenvalue weighted by atomic mass is 16.5. The van der Waals surface area contributed by atoms with Crippen molar-refractivity contribution in [3.63, 3.8) is 0 Å². The van der Waals surface area contributed by atoms with E-state index >= 15 is 0 Å². The van der Waals surface area contributed by atoms with Gasteiger partial charge in [-0.15, -0.1) is 0 Å². The maximum atomic E-state index is 12.7. The van der Waals surface area contributed by atoms with Crippen LogP contribution in [0.2, 0.25) is 0 Å². The summed E-state index contributed by atoms with van der Waals surface area (Å²) in [6.45, 7) is 8.50. The SMILES string of the molecule is CCCC(=O)c1c(O)c(Cc2cc(C(=O)C(C)CC)c(O)c(C)c2O)c(O)c(C)c1OC. The molecule has 1 atom stereocenters. The molecule has 0 heterocycles. The number of aromatic hydroxyl groups is 4. The van der Waals surface area contributed by atoms with Crippen molar-refractivity contribution >= 4 is 11.6 Å². The first-order valence-electron chi connectivity index (χ1n) is 10.7. The van der Waals surface area contributed by atoms with Gasteiger partial charge in [0.05, 0.1) is 12.7 Å². The number of rotatable bonds is 9. The Morgan fingerprint density at radius 1 is 0.969 bits per heavy atom. The molecule has 0 aliphatic carbocycles. The first-order valence-corrected chi connectivity index (χ1v) is 10.7. The number of hydrogen-bond acceptors (Lipinski definition) is 7. The van der Waals surface area contributed by atoms with E-state index in [9.17, 15) is 30.0 Å². The van der Waals surface area contributed by atoms with Crippen LogP contribution in [0.15, 0.2) is 6.07 Å². The molecule has 0 spiro atoms. The molecule has 0 saturated heterocycles. The van der Waals surface area contributed by atoms with Gasteiger partial charge in [-0.3, -0.25) is 9.59 Å². The number of benzene rings is 2. The van der Waals surface area contributed by atoms with Crippen molar-refractivity contribution in [1.29, 1.82) is 0 Å². The van der Waals surface area contributed by atoms with Gasteiger partial charge in [0.2, 0.25) is 0 Å². The Hall–Kier alpha value is -3.22. The summed E-state index contributed by atoms with van der Waals surface area (Å²) in [5.41, 5.74) is 0.717. The number of ether oxygens (including phenoxy) is 1. The molecule has 0 saturated carbocycles. The minimum Gasteiger partial charge on any atom is -0.507 e. The van der Waals surface area contributed by atoms with Gasteiger partial charge in [0.15, 0.2) is 11.6 Å². The van der Waals surface area contributed by atoms with Crippen LogP contribution in [0.1, 0.15) is 83.0 Å². The average molecular weight is 445 g/mol. The van der Waals surface area contributed by atoms with Crippen LogP contribution in [0.4, 0.5) is 0 Å². The number of hydrogen-bond donors (Lipinski definition) is 4. The number of carbonyl (C=O) groups is 2. The summed E-state index contributed by atoms with van der Waals surface area (Å²) in [6, 6.07) is 1.37. The van der Waals surface area contributed by atoms with Crippen LogP contribution in [0.5, 0.6) is 28.7 Å². The van der Waals surface area contributed by atoms with E-state index in [-0.39, 0.29) is 86.7 Å². The van der Waals surface area contributed by atoms with Crippen LogP contribution in [0, 0.1) is 19.8 Å². The molecule has 174 valence electrons. The van der Waals surface area contributed by atoms with E-state index in [1.807, 2.05) is 13.8 Å². The zero-order chi connectivity index (χ0) is 24.3. The number of phenols is 4. The van der Waals surface area contributed by atoms with Crippen LogP contribution < -0.4 is 4.74 Å². The standard InChI is InChI=1S/C25H32O7/c1-7-9-18(26)19-24(31)17(23(30)14(5)25(19)32-6)11-15-10-16(20(27)12(3)8-2)22(29)13(4)21(15)28/h10,12,28-31H,7-9,11H2,1-6H3. The smallest absolute Gasteiger partial charge is 0.170 e. The van der Waals surface area contributed by atoms with Gasteiger partial charge in [0, 0.05) is 35.4 Å². The zero-order valence-corrected chi connectivity index (χ0v) is 19.5. The van der Waals surface area contributed by atoms with Crippen LogP contribution in [0.25, 0.3) is 0 Å². The van der Waals surface area contributed by atoms with Gasteiger partial charge < -0.3 is 25.2 Å². The van der Waals surface area contributed by atoms with Gasteiger partial charge in [0.25, 0.3) is 0 Å². The molecule has 1 unspecified atom stereocenters. The summed E-state index contributed by atoms with van der Waals surface area (Å²) < 4.78 is 5.29. The Kier molecular flexibility index (Phi) is 7.78. The second-order valence-corrected chi connectivity index (χ2v) is 8.14. The van der Waals surface area contributed by atoms with Gasteiger partial charge in [0.1, 0.15) is 34.3 Å². The van der Waals surface area contributed by atoms with Crippen molar-refractivity contribution in [3.05, 3.63) is 39.4 Å². The van der Waals surface area contributed by atoms with E-state index in [1.54, 1.807) is 13.8 Å². The van der Waals surface area contributed by atoms with Crippen LogP contribution in [-0.2, 0) is 6.42 Å². The molecule has 32 heavy (non-hydrogen) atoms. The van der Waals surface area contributed by atoms with Crippen LogP contribution in [-0.4, -0.2) is 39.1 Å². The highest BCUT2D eigenvalue weighted by Crippen LogP contribution is 2.45. The summed E-state index contributed by atoms with van der Waals surface area (Å²) in [4.78, 5) is 25.4. The van der Waals surface area contributed by atoms with Gasteiger partial charge >= 0.3 is 0 Å². The van der Waals surface area contributed by atoms with Gasteiger partial charge in [-0.25, -0.2) is 0 Å². The molecule has 4 N–H and O–H groups in total. The number of methoxy groups -OCH3 is 1. The Balaban J connectivity index is 2.73. The zero-order valence-electron chi connectivity index (χ0n) is 19.5. The largest absolute Gasteiger partial charge is 0.507 e. The molecule has 0 fully saturated rings. The van der Waals surface area contributed by atoms with Crippen LogP contribution in [0.3, 0.4) is 0 Å². The lowest BCUT2D eigenvalue weighted by Crippen LogP contribution is -2.12. The third-order valence-corrected chi connectivity index (χ3v) is 5.97. The second-order valence-electron chi connectivity index (χ2n) is 8.14. The molecule has 0 bridgehead atoms. The van der Waals surface area contributed by atoms with Crippen molar-refractivity contribution in [2.75, 3.05) is 7.11 Å². The van der Waals surface area contributed by atoms with Crippen molar-refractivity contribution < 1.29 is 34.8 Å². The van der Waals surface area contributed by atoms with Crippen molar-refractivity contribution in [2.24, 2.45) is 5.92 Å². The molecule has 7 heteroatoms. The second kappa shape index (κ2) is 9.94. The fourth-order valence-electron chi connectivity index (χ4n) is 3.76. The summed E-state index contributed by atoms with van der Waals surface area (Å²) in [6.07, 6.45) is 1.17. The molecule has 0 aromatic heterocycles. The molecule has 2 rings (SSSR count). The van der Waals surface area contributed by atoms with E-state index in [2.05, 4.69) is 0 Å². The van der Waals surface area contributed by atoms with E-state index in [1.165, 1.54) is 20.1 Å². The maximum Gasteiger partial charge on any atom is 0.170 e. The molecule has 0 aliphatic rings. The number of Topliss-reactive ketones (excluding diaryl/α,β-unsaturated/α-hetero) is 2. The van der Waals surface area contributed by atoms with E-state index in [0.29, 0.717) is 12.8 Å². The van der Waals surface area contributed by atoms with Crippen molar-refractivity contribution in [1.82, 2.24) is 0 Å². The molecular formula is C25H32O7. The molecule has 2 aromatic carbocycles. The molecule has 0 radical (unpaired) electrons.